The summed E-state index contributed by atoms with van der Waals surface area (Å²) in [6.45, 7) is 0.572. The lowest BCUT2D eigenvalue weighted by molar-refractivity contribution is 0.252. The topological polar surface area (TPSA) is 41.1 Å². The predicted molar refractivity (Wildman–Crippen MR) is 63.8 cm³/mol. The van der Waals surface area contributed by atoms with E-state index in [-0.39, 0.29) is 6.03 Å². The van der Waals surface area contributed by atoms with Crippen LogP contribution in [0.1, 0.15) is 6.42 Å². The highest BCUT2D eigenvalue weighted by Gasteiger charge is 1.99. The van der Waals surface area contributed by atoms with Crippen LogP contribution in [-0.4, -0.2) is 18.5 Å². The highest BCUT2D eigenvalue weighted by molar-refractivity contribution is 6.30. The molecule has 0 aliphatic rings. The fourth-order valence-electron chi connectivity index (χ4n) is 0.977. The Labute approximate surface area is 98.8 Å². The molecule has 0 bridgehead atoms. The minimum absolute atomic E-state index is 0.234. The first-order valence-electron chi connectivity index (χ1n) is 4.59. The zero-order valence-corrected chi connectivity index (χ0v) is 9.61. The quantitative estimate of drug-likeness (QED) is 0.623. The van der Waals surface area contributed by atoms with Crippen molar-refractivity contribution in [2.24, 2.45) is 0 Å². The van der Waals surface area contributed by atoms with Gasteiger partial charge in [-0.25, -0.2) is 4.79 Å². The summed E-state index contributed by atoms with van der Waals surface area (Å²) in [7, 11) is 0. The standard InChI is InChI=1S/C10H12Cl2N2O/c11-6-1-7-13-10(15)14-9-4-2-8(12)3-5-9/h2-5H,1,6-7H2,(H2,13,14,15). The molecule has 0 aliphatic heterocycles. The Balaban J connectivity index is 2.34. The summed E-state index contributed by atoms with van der Waals surface area (Å²) in [4.78, 5) is 11.3. The molecule has 2 N–H and O–H groups in total. The second-order valence-corrected chi connectivity index (χ2v) is 3.74. The second kappa shape index (κ2) is 6.53. The fraction of sp³-hybridized carbons (Fsp3) is 0.300. The first-order valence-corrected chi connectivity index (χ1v) is 5.50. The van der Waals surface area contributed by atoms with Crippen molar-refractivity contribution in [3.05, 3.63) is 29.3 Å². The maximum Gasteiger partial charge on any atom is 0.319 e. The minimum Gasteiger partial charge on any atom is -0.338 e. The van der Waals surface area contributed by atoms with Gasteiger partial charge < -0.3 is 10.6 Å². The Kier molecular flexibility index (Phi) is 5.29. The lowest BCUT2D eigenvalue weighted by atomic mass is 10.3. The first kappa shape index (κ1) is 12.1. The molecule has 1 aromatic rings. The highest BCUT2D eigenvalue weighted by Crippen LogP contribution is 2.12. The molecule has 3 nitrogen and oxygen atoms in total. The van der Waals surface area contributed by atoms with Gasteiger partial charge in [-0.05, 0) is 30.7 Å². The van der Waals surface area contributed by atoms with Gasteiger partial charge >= 0.3 is 6.03 Å². The number of hydrogen-bond donors (Lipinski definition) is 2. The summed E-state index contributed by atoms with van der Waals surface area (Å²) in [5.41, 5.74) is 0.711. The lowest BCUT2D eigenvalue weighted by Gasteiger charge is -2.06. The average molecular weight is 247 g/mol. The van der Waals surface area contributed by atoms with Gasteiger partial charge in [0.05, 0.1) is 0 Å². The molecule has 0 atom stereocenters. The molecule has 2 amide bonds. The molecule has 1 rings (SSSR count). The maximum atomic E-state index is 11.3. The summed E-state index contributed by atoms with van der Waals surface area (Å²) in [5, 5.41) is 6.00. The van der Waals surface area contributed by atoms with Crippen LogP contribution < -0.4 is 10.6 Å². The molecule has 15 heavy (non-hydrogen) atoms. The number of carbonyl (C=O) groups excluding carboxylic acids is 1. The second-order valence-electron chi connectivity index (χ2n) is 2.93. The molecule has 0 radical (unpaired) electrons. The van der Waals surface area contributed by atoms with Gasteiger partial charge in [0.1, 0.15) is 0 Å². The molecular weight excluding hydrogens is 235 g/mol. The van der Waals surface area contributed by atoms with Crippen molar-refractivity contribution in [1.29, 1.82) is 0 Å². The Bertz CT molecular complexity index is 314. The van der Waals surface area contributed by atoms with Crippen LogP contribution in [0.25, 0.3) is 0 Å². The molecule has 82 valence electrons. The number of amides is 2. The summed E-state index contributed by atoms with van der Waals surface area (Å²) in [6.07, 6.45) is 0.760. The van der Waals surface area contributed by atoms with E-state index in [2.05, 4.69) is 10.6 Å². The van der Waals surface area contributed by atoms with E-state index in [0.717, 1.165) is 6.42 Å². The molecular formula is C10H12Cl2N2O. The van der Waals surface area contributed by atoms with Crippen LogP contribution in [0.15, 0.2) is 24.3 Å². The van der Waals surface area contributed by atoms with Gasteiger partial charge in [0.25, 0.3) is 0 Å². The largest absolute Gasteiger partial charge is 0.338 e. The Morgan fingerprint density at radius 2 is 1.93 bits per heavy atom. The third-order valence-corrected chi connectivity index (χ3v) is 2.22. The van der Waals surface area contributed by atoms with Crippen LogP contribution in [0, 0.1) is 0 Å². The number of rotatable bonds is 4. The van der Waals surface area contributed by atoms with Crippen molar-refractivity contribution < 1.29 is 4.79 Å². The normalized spacial score (nSPS) is 9.73. The van der Waals surface area contributed by atoms with E-state index in [9.17, 15) is 4.79 Å². The first-order chi connectivity index (χ1) is 7.22. The number of nitrogens with one attached hydrogen (secondary N) is 2. The third-order valence-electron chi connectivity index (χ3n) is 1.70. The summed E-state index contributed by atoms with van der Waals surface area (Å²) >= 11 is 11.2. The highest BCUT2D eigenvalue weighted by atomic mass is 35.5. The number of carbonyl (C=O) groups is 1. The van der Waals surface area contributed by atoms with Crippen molar-refractivity contribution >= 4 is 34.9 Å². The summed E-state index contributed by atoms with van der Waals surface area (Å²) < 4.78 is 0. The van der Waals surface area contributed by atoms with Crippen molar-refractivity contribution in [2.45, 2.75) is 6.42 Å². The summed E-state index contributed by atoms with van der Waals surface area (Å²) in [6, 6.07) is 6.68. The van der Waals surface area contributed by atoms with E-state index < -0.39 is 0 Å². The van der Waals surface area contributed by atoms with Gasteiger partial charge in [0.15, 0.2) is 0 Å². The van der Waals surface area contributed by atoms with Gasteiger partial charge in [-0.1, -0.05) is 11.6 Å². The van der Waals surface area contributed by atoms with E-state index in [0.29, 0.717) is 23.1 Å². The molecule has 0 unspecified atom stereocenters. The predicted octanol–water partition coefficient (Wildman–Crippen LogP) is 3.09. The molecule has 0 saturated carbocycles. The zero-order chi connectivity index (χ0) is 11.1. The molecule has 0 spiro atoms. The SMILES string of the molecule is O=C(NCCCCl)Nc1ccc(Cl)cc1. The molecule has 0 aromatic heterocycles. The monoisotopic (exact) mass is 246 g/mol. The van der Waals surface area contributed by atoms with Gasteiger partial charge in [-0.3, -0.25) is 0 Å². The van der Waals surface area contributed by atoms with E-state index >= 15 is 0 Å². The molecule has 0 fully saturated rings. The molecule has 1 aromatic carbocycles. The number of benzene rings is 1. The lowest BCUT2D eigenvalue weighted by Crippen LogP contribution is -2.29. The molecule has 0 saturated heterocycles. The smallest absolute Gasteiger partial charge is 0.319 e. The fourth-order valence-corrected chi connectivity index (χ4v) is 1.24. The molecule has 0 heterocycles. The Hall–Kier alpha value is -0.930. The molecule has 5 heteroatoms. The number of urea groups is 1. The van der Waals surface area contributed by atoms with Crippen LogP contribution in [0.2, 0.25) is 5.02 Å². The van der Waals surface area contributed by atoms with Crippen LogP contribution in [-0.2, 0) is 0 Å². The van der Waals surface area contributed by atoms with Gasteiger partial charge in [-0.2, -0.15) is 0 Å². The number of hydrogen-bond acceptors (Lipinski definition) is 1. The Morgan fingerprint density at radius 1 is 1.27 bits per heavy atom. The van der Waals surface area contributed by atoms with Gasteiger partial charge in [-0.15, -0.1) is 11.6 Å². The summed E-state index contributed by atoms with van der Waals surface area (Å²) in [5.74, 6) is 0.543. The third kappa shape index (κ3) is 4.91. The van der Waals surface area contributed by atoms with Gasteiger partial charge in [0.2, 0.25) is 0 Å². The average Bonchev–Trinajstić information content (AvgIpc) is 2.22. The number of anilines is 1. The van der Waals surface area contributed by atoms with Crippen molar-refractivity contribution in [3.63, 3.8) is 0 Å². The zero-order valence-electron chi connectivity index (χ0n) is 8.09. The van der Waals surface area contributed by atoms with Crippen LogP contribution in [0.4, 0.5) is 10.5 Å². The minimum atomic E-state index is -0.234. The van der Waals surface area contributed by atoms with Crippen LogP contribution in [0.3, 0.4) is 0 Å². The Morgan fingerprint density at radius 3 is 2.53 bits per heavy atom. The van der Waals surface area contributed by atoms with Crippen LogP contribution >= 0.6 is 23.2 Å². The van der Waals surface area contributed by atoms with Crippen molar-refractivity contribution in [3.8, 4) is 0 Å². The van der Waals surface area contributed by atoms with E-state index in [4.69, 9.17) is 23.2 Å². The maximum absolute atomic E-state index is 11.3. The van der Waals surface area contributed by atoms with Crippen molar-refractivity contribution in [1.82, 2.24) is 5.32 Å². The van der Waals surface area contributed by atoms with Crippen molar-refractivity contribution in [2.75, 3.05) is 17.7 Å². The molecule has 0 aliphatic carbocycles. The van der Waals surface area contributed by atoms with Gasteiger partial charge in [0, 0.05) is 23.1 Å². The number of alkyl halides is 1. The van der Waals surface area contributed by atoms with E-state index in [1.54, 1.807) is 24.3 Å². The van der Waals surface area contributed by atoms with E-state index in [1.165, 1.54) is 0 Å². The number of halogens is 2. The van der Waals surface area contributed by atoms with E-state index in [1.807, 2.05) is 0 Å². The van der Waals surface area contributed by atoms with Crippen LogP contribution in [0.5, 0.6) is 0 Å².